The zero-order chi connectivity index (χ0) is 20.8. The van der Waals surface area contributed by atoms with Gasteiger partial charge in [0.2, 0.25) is 0 Å². The number of ether oxygens (including phenoxy) is 2. The number of thiocarbonyl (C=S) groups is 1. The maximum Gasteiger partial charge on any atom is 0.261 e. The van der Waals surface area contributed by atoms with Crippen LogP contribution in [0.25, 0.3) is 11.3 Å². The number of hydrogen-bond donors (Lipinski definition) is 3. The molecule has 8 heteroatoms. The molecule has 0 radical (unpaired) electrons. The smallest absolute Gasteiger partial charge is 0.261 e. The molecule has 1 aromatic heterocycles. The molecule has 3 N–H and O–H groups in total. The van der Waals surface area contributed by atoms with E-state index in [1.54, 1.807) is 48.5 Å². The van der Waals surface area contributed by atoms with Crippen LogP contribution in [0, 0.1) is 0 Å². The van der Waals surface area contributed by atoms with Crippen molar-refractivity contribution in [3.05, 3.63) is 65.9 Å². The van der Waals surface area contributed by atoms with Gasteiger partial charge in [0.15, 0.2) is 5.11 Å². The first kappa shape index (κ1) is 20.4. The Bertz CT molecular complexity index is 1030. The Hall–Kier alpha value is -3.36. The van der Waals surface area contributed by atoms with Crippen LogP contribution in [0.2, 0.25) is 0 Å². The summed E-state index contributed by atoms with van der Waals surface area (Å²) >= 11 is 5.29. The molecule has 0 bridgehead atoms. The molecule has 0 unspecified atom stereocenters. The van der Waals surface area contributed by atoms with Gasteiger partial charge in [-0.1, -0.05) is 12.1 Å². The SMILES string of the molecule is COc1ccc(-c2ccc(CO)o2)cc1NC(=S)NC(=O)c1ccccc1OC. The average molecular weight is 412 g/mol. The van der Waals surface area contributed by atoms with Crippen LogP contribution in [0.3, 0.4) is 0 Å². The van der Waals surface area contributed by atoms with Crippen LogP contribution in [0.1, 0.15) is 16.1 Å². The number of furan rings is 1. The lowest BCUT2D eigenvalue weighted by molar-refractivity contribution is 0.0974. The van der Waals surface area contributed by atoms with Crippen molar-refractivity contribution in [2.45, 2.75) is 6.61 Å². The van der Waals surface area contributed by atoms with Crippen LogP contribution in [0.15, 0.2) is 59.0 Å². The molecular weight excluding hydrogens is 392 g/mol. The van der Waals surface area contributed by atoms with Crippen molar-refractivity contribution in [1.82, 2.24) is 5.32 Å². The molecule has 0 aliphatic heterocycles. The maximum atomic E-state index is 12.5. The molecular formula is C21H20N2O5S. The largest absolute Gasteiger partial charge is 0.496 e. The van der Waals surface area contributed by atoms with E-state index in [1.807, 2.05) is 6.07 Å². The number of carbonyl (C=O) groups is 1. The molecule has 1 heterocycles. The fourth-order valence-electron chi connectivity index (χ4n) is 2.73. The molecule has 0 saturated carbocycles. The summed E-state index contributed by atoms with van der Waals surface area (Å²) in [4.78, 5) is 12.5. The van der Waals surface area contributed by atoms with E-state index in [0.29, 0.717) is 34.3 Å². The zero-order valence-electron chi connectivity index (χ0n) is 15.9. The van der Waals surface area contributed by atoms with Gasteiger partial charge in [-0.15, -0.1) is 0 Å². The van der Waals surface area contributed by atoms with E-state index in [9.17, 15) is 9.90 Å². The summed E-state index contributed by atoms with van der Waals surface area (Å²) in [5, 5.41) is 14.9. The Morgan fingerprint density at radius 1 is 1.07 bits per heavy atom. The number of para-hydroxylation sites is 1. The number of aliphatic hydroxyl groups is 1. The van der Waals surface area contributed by atoms with Gasteiger partial charge in [0.25, 0.3) is 5.91 Å². The standard InChI is InChI=1S/C21H20N2O5S/c1-26-18-6-4-3-5-15(18)20(25)23-21(29)22-16-11-13(7-9-19(16)27-2)17-10-8-14(12-24)28-17/h3-11,24H,12H2,1-2H3,(H2,22,23,25,29). The zero-order valence-corrected chi connectivity index (χ0v) is 16.7. The Labute approximate surface area is 173 Å². The lowest BCUT2D eigenvalue weighted by Crippen LogP contribution is -2.34. The van der Waals surface area contributed by atoms with Crippen LogP contribution in [-0.2, 0) is 6.61 Å². The highest BCUT2D eigenvalue weighted by Crippen LogP contribution is 2.31. The predicted octanol–water partition coefficient (Wildman–Crippen LogP) is 3.58. The molecule has 3 rings (SSSR count). The minimum atomic E-state index is -0.395. The molecule has 0 spiro atoms. The molecule has 29 heavy (non-hydrogen) atoms. The molecule has 150 valence electrons. The first-order valence-electron chi connectivity index (χ1n) is 8.69. The molecule has 0 saturated heterocycles. The highest BCUT2D eigenvalue weighted by molar-refractivity contribution is 7.80. The van der Waals surface area contributed by atoms with Gasteiger partial charge < -0.3 is 24.3 Å². The van der Waals surface area contributed by atoms with Crippen molar-refractivity contribution in [2.24, 2.45) is 0 Å². The third kappa shape index (κ3) is 4.74. The Kier molecular flexibility index (Phi) is 6.48. The number of methoxy groups -OCH3 is 2. The van der Waals surface area contributed by atoms with Gasteiger partial charge in [-0.05, 0) is 54.7 Å². The van der Waals surface area contributed by atoms with Crippen LogP contribution in [-0.4, -0.2) is 30.3 Å². The second-order valence-electron chi connectivity index (χ2n) is 5.95. The third-order valence-corrected chi connectivity index (χ3v) is 4.33. The number of nitrogens with one attached hydrogen (secondary N) is 2. The van der Waals surface area contributed by atoms with E-state index < -0.39 is 5.91 Å². The van der Waals surface area contributed by atoms with Gasteiger partial charge in [0.05, 0.1) is 25.5 Å². The molecule has 0 fully saturated rings. The van der Waals surface area contributed by atoms with Gasteiger partial charge in [-0.2, -0.15) is 0 Å². The number of benzene rings is 2. The Morgan fingerprint density at radius 2 is 1.83 bits per heavy atom. The van der Waals surface area contributed by atoms with Crippen LogP contribution in [0.5, 0.6) is 11.5 Å². The van der Waals surface area contributed by atoms with E-state index in [1.165, 1.54) is 14.2 Å². The molecule has 1 amide bonds. The highest BCUT2D eigenvalue weighted by Gasteiger charge is 2.15. The number of carbonyl (C=O) groups excluding carboxylic acids is 1. The molecule has 0 aliphatic rings. The molecule has 0 atom stereocenters. The Morgan fingerprint density at radius 3 is 2.52 bits per heavy atom. The predicted molar refractivity (Wildman–Crippen MR) is 113 cm³/mol. The summed E-state index contributed by atoms with van der Waals surface area (Å²) in [6.45, 7) is -0.180. The first-order chi connectivity index (χ1) is 14.0. The van der Waals surface area contributed by atoms with Crippen molar-refractivity contribution in [3.8, 4) is 22.8 Å². The normalized spacial score (nSPS) is 10.3. The summed E-state index contributed by atoms with van der Waals surface area (Å²) in [5.41, 5.74) is 1.68. The summed E-state index contributed by atoms with van der Waals surface area (Å²) in [5.74, 6) is 1.64. The average Bonchev–Trinajstić information content (AvgIpc) is 3.23. The fraction of sp³-hybridized carbons (Fsp3) is 0.143. The fourth-order valence-corrected chi connectivity index (χ4v) is 2.94. The second-order valence-corrected chi connectivity index (χ2v) is 6.36. The second kappa shape index (κ2) is 9.22. The topological polar surface area (TPSA) is 93.0 Å². The van der Waals surface area contributed by atoms with Crippen molar-refractivity contribution in [1.29, 1.82) is 0 Å². The molecule has 3 aromatic rings. The van der Waals surface area contributed by atoms with E-state index in [0.717, 1.165) is 5.56 Å². The third-order valence-electron chi connectivity index (χ3n) is 4.13. The van der Waals surface area contributed by atoms with Crippen molar-refractivity contribution in [3.63, 3.8) is 0 Å². The minimum Gasteiger partial charge on any atom is -0.496 e. The Balaban J connectivity index is 1.78. The lowest BCUT2D eigenvalue weighted by Gasteiger charge is -2.14. The highest BCUT2D eigenvalue weighted by atomic mass is 32.1. The van der Waals surface area contributed by atoms with Crippen LogP contribution in [0.4, 0.5) is 5.69 Å². The summed E-state index contributed by atoms with van der Waals surface area (Å²) < 4.78 is 16.1. The summed E-state index contributed by atoms with van der Waals surface area (Å²) in [7, 11) is 3.03. The van der Waals surface area contributed by atoms with Gasteiger partial charge in [-0.25, -0.2) is 0 Å². The number of anilines is 1. The maximum absolute atomic E-state index is 12.5. The quantitative estimate of drug-likeness (QED) is 0.533. The van der Waals surface area contributed by atoms with Gasteiger partial charge in [0.1, 0.15) is 29.6 Å². The minimum absolute atomic E-state index is 0.104. The molecule has 2 aromatic carbocycles. The monoisotopic (exact) mass is 412 g/mol. The molecule has 0 aliphatic carbocycles. The number of aliphatic hydroxyl groups excluding tert-OH is 1. The first-order valence-corrected chi connectivity index (χ1v) is 9.10. The lowest BCUT2D eigenvalue weighted by atomic mass is 10.1. The number of rotatable bonds is 6. The number of amides is 1. The van der Waals surface area contributed by atoms with Gasteiger partial charge in [-0.3, -0.25) is 10.1 Å². The summed E-state index contributed by atoms with van der Waals surface area (Å²) in [6.07, 6.45) is 0. The van der Waals surface area contributed by atoms with Gasteiger partial charge in [0, 0.05) is 5.56 Å². The van der Waals surface area contributed by atoms with Crippen molar-refractivity contribution in [2.75, 3.05) is 19.5 Å². The van der Waals surface area contributed by atoms with E-state index >= 15 is 0 Å². The van der Waals surface area contributed by atoms with Crippen LogP contribution >= 0.6 is 12.2 Å². The van der Waals surface area contributed by atoms with Crippen LogP contribution < -0.4 is 20.1 Å². The van der Waals surface area contributed by atoms with Gasteiger partial charge >= 0.3 is 0 Å². The summed E-state index contributed by atoms with van der Waals surface area (Å²) in [6, 6.07) is 15.7. The van der Waals surface area contributed by atoms with E-state index in [4.69, 9.17) is 26.1 Å². The van der Waals surface area contributed by atoms with E-state index in [-0.39, 0.29) is 11.7 Å². The van der Waals surface area contributed by atoms with E-state index in [2.05, 4.69) is 10.6 Å². The van der Waals surface area contributed by atoms with Crippen molar-refractivity contribution >= 4 is 28.9 Å². The molecule has 7 nitrogen and oxygen atoms in total. The van der Waals surface area contributed by atoms with Crippen molar-refractivity contribution < 1.29 is 23.8 Å². The number of hydrogen-bond acceptors (Lipinski definition) is 6.